The molecule has 4 nitrogen and oxygen atoms in total. The van der Waals surface area contributed by atoms with Crippen molar-refractivity contribution in [2.24, 2.45) is 5.92 Å². The Morgan fingerprint density at radius 1 is 1.47 bits per heavy atom. The Bertz CT molecular complexity index is 433. The first-order valence-corrected chi connectivity index (χ1v) is 6.86. The third kappa shape index (κ3) is 2.35. The maximum atomic E-state index is 11.2. The number of carbonyl (C=O) groups is 1. The zero-order valence-corrected chi connectivity index (χ0v) is 10.3. The Morgan fingerprint density at radius 2 is 2.29 bits per heavy atom. The van der Waals surface area contributed by atoms with E-state index in [-0.39, 0.29) is 0 Å². The van der Waals surface area contributed by atoms with Crippen molar-refractivity contribution < 1.29 is 14.6 Å². The summed E-state index contributed by atoms with van der Waals surface area (Å²) in [5, 5.41) is 10.1. The second-order valence-corrected chi connectivity index (χ2v) is 5.92. The van der Waals surface area contributed by atoms with E-state index in [1.807, 2.05) is 0 Å². The summed E-state index contributed by atoms with van der Waals surface area (Å²) < 4.78 is 5.33. The minimum absolute atomic E-state index is 0.408. The summed E-state index contributed by atoms with van der Waals surface area (Å²) in [4.78, 5) is 16.1. The molecule has 0 radical (unpaired) electrons. The molecule has 1 aliphatic heterocycles. The van der Waals surface area contributed by atoms with Gasteiger partial charge in [0.05, 0.1) is 10.7 Å². The molecule has 3 rings (SSSR count). The van der Waals surface area contributed by atoms with Gasteiger partial charge in [-0.05, 0) is 25.2 Å². The standard InChI is InChI=1S/C12H15NO3S/c14-12(15)11-10(8-1-2-8)13-9(17-11)5-7-3-4-16-6-7/h7-8H,1-6H2,(H,14,15). The fourth-order valence-electron chi connectivity index (χ4n) is 2.24. The molecule has 1 unspecified atom stereocenters. The second kappa shape index (κ2) is 4.38. The van der Waals surface area contributed by atoms with Crippen LogP contribution in [0, 0.1) is 5.92 Å². The van der Waals surface area contributed by atoms with Crippen LogP contribution in [-0.4, -0.2) is 29.3 Å². The van der Waals surface area contributed by atoms with Crippen molar-refractivity contribution in [3.63, 3.8) is 0 Å². The van der Waals surface area contributed by atoms with Gasteiger partial charge in [0, 0.05) is 25.6 Å². The number of nitrogens with zero attached hydrogens (tertiary/aromatic N) is 1. The molecule has 1 aromatic heterocycles. The van der Waals surface area contributed by atoms with Gasteiger partial charge in [0.15, 0.2) is 0 Å². The molecule has 92 valence electrons. The molecule has 1 aliphatic carbocycles. The first-order valence-electron chi connectivity index (χ1n) is 6.04. The Kier molecular flexibility index (Phi) is 2.88. The van der Waals surface area contributed by atoms with Crippen LogP contribution < -0.4 is 0 Å². The molecule has 0 spiro atoms. The summed E-state index contributed by atoms with van der Waals surface area (Å²) in [6, 6.07) is 0. The quantitative estimate of drug-likeness (QED) is 0.894. The largest absolute Gasteiger partial charge is 0.477 e. The molecule has 2 fully saturated rings. The molecule has 1 saturated heterocycles. The van der Waals surface area contributed by atoms with Gasteiger partial charge in [-0.3, -0.25) is 0 Å². The Labute approximate surface area is 104 Å². The molecule has 1 N–H and O–H groups in total. The van der Waals surface area contributed by atoms with Gasteiger partial charge in [-0.1, -0.05) is 0 Å². The van der Waals surface area contributed by atoms with E-state index in [1.165, 1.54) is 11.3 Å². The number of carboxylic acid groups (broad SMARTS) is 1. The van der Waals surface area contributed by atoms with Crippen LogP contribution in [0.1, 0.15) is 45.6 Å². The zero-order valence-electron chi connectivity index (χ0n) is 9.52. The molecule has 17 heavy (non-hydrogen) atoms. The molecule has 5 heteroatoms. The van der Waals surface area contributed by atoms with Crippen molar-refractivity contribution in [2.45, 2.75) is 31.6 Å². The minimum Gasteiger partial charge on any atom is -0.477 e. The van der Waals surface area contributed by atoms with Crippen LogP contribution in [0.2, 0.25) is 0 Å². The van der Waals surface area contributed by atoms with E-state index in [9.17, 15) is 4.79 Å². The maximum absolute atomic E-state index is 11.2. The monoisotopic (exact) mass is 253 g/mol. The lowest BCUT2D eigenvalue weighted by Gasteiger charge is -2.02. The first kappa shape index (κ1) is 11.2. The number of aromatic nitrogens is 1. The summed E-state index contributed by atoms with van der Waals surface area (Å²) in [5.41, 5.74) is 0.830. The highest BCUT2D eigenvalue weighted by molar-refractivity contribution is 7.13. The van der Waals surface area contributed by atoms with Gasteiger partial charge in [-0.2, -0.15) is 0 Å². The van der Waals surface area contributed by atoms with Crippen LogP contribution in [0.3, 0.4) is 0 Å². The summed E-state index contributed by atoms with van der Waals surface area (Å²) in [6.07, 6.45) is 4.13. The van der Waals surface area contributed by atoms with Crippen LogP contribution in [0.5, 0.6) is 0 Å². The van der Waals surface area contributed by atoms with Crippen molar-refractivity contribution in [3.05, 3.63) is 15.6 Å². The van der Waals surface area contributed by atoms with Gasteiger partial charge >= 0.3 is 5.97 Å². The fraction of sp³-hybridized carbons (Fsp3) is 0.667. The highest BCUT2D eigenvalue weighted by Crippen LogP contribution is 2.43. The smallest absolute Gasteiger partial charge is 0.347 e. The number of thiazole rings is 1. The lowest BCUT2D eigenvalue weighted by Crippen LogP contribution is -2.03. The van der Waals surface area contributed by atoms with E-state index in [4.69, 9.17) is 9.84 Å². The number of hydrogen-bond donors (Lipinski definition) is 1. The van der Waals surface area contributed by atoms with E-state index in [0.29, 0.717) is 16.7 Å². The predicted octanol–water partition coefficient (Wildman–Crippen LogP) is 2.30. The summed E-state index contributed by atoms with van der Waals surface area (Å²) in [5.74, 6) is 0.110. The molecule has 1 aromatic rings. The van der Waals surface area contributed by atoms with E-state index in [0.717, 1.165) is 49.6 Å². The second-order valence-electron chi connectivity index (χ2n) is 4.84. The maximum Gasteiger partial charge on any atom is 0.347 e. The predicted molar refractivity (Wildman–Crippen MR) is 63.7 cm³/mol. The van der Waals surface area contributed by atoms with Crippen molar-refractivity contribution in [1.82, 2.24) is 4.98 Å². The van der Waals surface area contributed by atoms with Crippen LogP contribution >= 0.6 is 11.3 Å². The van der Waals surface area contributed by atoms with Gasteiger partial charge in [0.1, 0.15) is 4.88 Å². The third-order valence-electron chi connectivity index (χ3n) is 3.34. The average molecular weight is 253 g/mol. The van der Waals surface area contributed by atoms with E-state index >= 15 is 0 Å². The molecule has 1 saturated carbocycles. The number of rotatable bonds is 4. The minimum atomic E-state index is -0.821. The number of aromatic carboxylic acids is 1. The fourth-order valence-corrected chi connectivity index (χ4v) is 3.35. The molecule has 0 bridgehead atoms. The average Bonchev–Trinajstić information content (AvgIpc) is 2.86. The third-order valence-corrected chi connectivity index (χ3v) is 4.42. The zero-order chi connectivity index (χ0) is 11.8. The van der Waals surface area contributed by atoms with Crippen LogP contribution in [0.4, 0.5) is 0 Å². The first-order chi connectivity index (χ1) is 8.24. The Morgan fingerprint density at radius 3 is 2.88 bits per heavy atom. The van der Waals surface area contributed by atoms with Gasteiger partial charge in [-0.15, -0.1) is 11.3 Å². The van der Waals surface area contributed by atoms with Crippen LogP contribution in [0.25, 0.3) is 0 Å². The SMILES string of the molecule is O=C(O)c1sc(CC2CCOC2)nc1C1CC1. The van der Waals surface area contributed by atoms with Crippen molar-refractivity contribution in [1.29, 1.82) is 0 Å². The van der Waals surface area contributed by atoms with E-state index in [1.54, 1.807) is 0 Å². The number of ether oxygens (including phenoxy) is 1. The normalized spacial score (nSPS) is 24.1. The van der Waals surface area contributed by atoms with Gasteiger partial charge in [-0.25, -0.2) is 9.78 Å². The lowest BCUT2D eigenvalue weighted by molar-refractivity contribution is 0.0700. The van der Waals surface area contributed by atoms with E-state index in [2.05, 4.69) is 4.98 Å². The highest BCUT2D eigenvalue weighted by atomic mass is 32.1. The van der Waals surface area contributed by atoms with Crippen molar-refractivity contribution in [3.8, 4) is 0 Å². The lowest BCUT2D eigenvalue weighted by atomic mass is 10.1. The van der Waals surface area contributed by atoms with Crippen molar-refractivity contribution >= 4 is 17.3 Å². The summed E-state index contributed by atoms with van der Waals surface area (Å²) in [6.45, 7) is 1.62. The Hall–Kier alpha value is -0.940. The molecule has 0 amide bonds. The summed E-state index contributed by atoms with van der Waals surface area (Å²) >= 11 is 1.36. The molecule has 0 aromatic carbocycles. The Balaban J connectivity index is 1.79. The molecule has 2 aliphatic rings. The van der Waals surface area contributed by atoms with Crippen LogP contribution in [0.15, 0.2) is 0 Å². The molecule has 2 heterocycles. The molecular weight excluding hydrogens is 238 g/mol. The number of hydrogen-bond acceptors (Lipinski definition) is 4. The number of carboxylic acids is 1. The molecular formula is C12H15NO3S. The van der Waals surface area contributed by atoms with Crippen LogP contribution in [-0.2, 0) is 11.2 Å². The molecule has 1 atom stereocenters. The summed E-state index contributed by atoms with van der Waals surface area (Å²) in [7, 11) is 0. The van der Waals surface area contributed by atoms with Gasteiger partial charge < -0.3 is 9.84 Å². The highest BCUT2D eigenvalue weighted by Gasteiger charge is 2.32. The van der Waals surface area contributed by atoms with Gasteiger partial charge in [0.25, 0.3) is 0 Å². The topological polar surface area (TPSA) is 59.4 Å². The van der Waals surface area contributed by atoms with Crippen molar-refractivity contribution in [2.75, 3.05) is 13.2 Å². The van der Waals surface area contributed by atoms with E-state index < -0.39 is 5.97 Å². The van der Waals surface area contributed by atoms with Gasteiger partial charge in [0.2, 0.25) is 0 Å².